The molecule has 2 heteroatoms. The first-order valence-corrected chi connectivity index (χ1v) is 5.15. The van der Waals surface area contributed by atoms with E-state index in [0.717, 1.165) is 6.54 Å². The molecule has 1 fully saturated rings. The molecule has 0 aromatic heterocycles. The van der Waals surface area contributed by atoms with Gasteiger partial charge < -0.3 is 9.64 Å². The Labute approximate surface area is 82.3 Å². The van der Waals surface area contributed by atoms with Crippen molar-refractivity contribution in [3.8, 4) is 0 Å². The Morgan fingerprint density at radius 2 is 2.00 bits per heavy atom. The van der Waals surface area contributed by atoms with E-state index >= 15 is 0 Å². The van der Waals surface area contributed by atoms with E-state index in [4.69, 9.17) is 4.74 Å². The fourth-order valence-electron chi connectivity index (χ4n) is 2.15. The van der Waals surface area contributed by atoms with Crippen LogP contribution in [0.25, 0.3) is 0 Å². The minimum atomic E-state index is 0.432. The van der Waals surface area contributed by atoms with Crippen LogP contribution < -0.4 is 0 Å². The number of rotatable bonds is 2. The van der Waals surface area contributed by atoms with Gasteiger partial charge in [-0.05, 0) is 25.3 Å². The standard InChI is InChI=1S/C11H23NO/c1-11(2,3)7-9-6-10(13-5)8-12(9)4/h9-10H,6-8H2,1-5H3/t9-,10+/m0/s1. The van der Waals surface area contributed by atoms with Crippen molar-refractivity contribution in [1.82, 2.24) is 4.90 Å². The molecule has 0 aromatic carbocycles. The molecule has 1 rings (SSSR count). The van der Waals surface area contributed by atoms with E-state index < -0.39 is 0 Å². The monoisotopic (exact) mass is 185 g/mol. The number of ether oxygens (including phenoxy) is 1. The predicted molar refractivity (Wildman–Crippen MR) is 55.9 cm³/mol. The highest BCUT2D eigenvalue weighted by Crippen LogP contribution is 2.29. The van der Waals surface area contributed by atoms with Crippen LogP contribution in [-0.2, 0) is 4.74 Å². The summed E-state index contributed by atoms with van der Waals surface area (Å²) in [7, 11) is 4.02. The molecule has 0 unspecified atom stereocenters. The summed E-state index contributed by atoms with van der Waals surface area (Å²) in [4.78, 5) is 2.43. The summed E-state index contributed by atoms with van der Waals surface area (Å²) in [6.07, 6.45) is 2.92. The van der Waals surface area contributed by atoms with Crippen molar-refractivity contribution < 1.29 is 4.74 Å². The van der Waals surface area contributed by atoms with Gasteiger partial charge in [0.2, 0.25) is 0 Å². The first-order chi connectivity index (χ1) is 5.92. The van der Waals surface area contributed by atoms with Crippen LogP contribution >= 0.6 is 0 Å². The summed E-state index contributed by atoms with van der Waals surface area (Å²) in [5, 5.41) is 0. The van der Waals surface area contributed by atoms with Crippen LogP contribution in [0.2, 0.25) is 0 Å². The average molecular weight is 185 g/mol. The molecule has 1 aliphatic heterocycles. The lowest BCUT2D eigenvalue weighted by Crippen LogP contribution is -2.29. The van der Waals surface area contributed by atoms with Gasteiger partial charge in [-0.25, -0.2) is 0 Å². The summed E-state index contributed by atoms with van der Waals surface area (Å²) < 4.78 is 5.38. The zero-order chi connectivity index (χ0) is 10.1. The summed E-state index contributed by atoms with van der Waals surface area (Å²) in [6, 6.07) is 0.713. The van der Waals surface area contributed by atoms with E-state index in [0.29, 0.717) is 17.6 Å². The van der Waals surface area contributed by atoms with E-state index in [1.54, 1.807) is 0 Å². The summed E-state index contributed by atoms with van der Waals surface area (Å²) >= 11 is 0. The first kappa shape index (κ1) is 11.0. The summed E-state index contributed by atoms with van der Waals surface area (Å²) in [5.74, 6) is 0. The van der Waals surface area contributed by atoms with Crippen molar-refractivity contribution in [2.75, 3.05) is 20.7 Å². The third kappa shape index (κ3) is 3.28. The van der Waals surface area contributed by atoms with Crippen molar-refractivity contribution in [3.63, 3.8) is 0 Å². The molecule has 2 atom stereocenters. The lowest BCUT2D eigenvalue weighted by Gasteiger charge is -2.27. The Bertz CT molecular complexity index is 162. The number of hydrogen-bond acceptors (Lipinski definition) is 2. The van der Waals surface area contributed by atoms with Crippen LogP contribution in [0.5, 0.6) is 0 Å². The number of nitrogens with zero attached hydrogens (tertiary/aromatic N) is 1. The molecular formula is C11H23NO. The molecule has 0 radical (unpaired) electrons. The molecule has 0 bridgehead atoms. The van der Waals surface area contributed by atoms with Crippen molar-refractivity contribution in [1.29, 1.82) is 0 Å². The van der Waals surface area contributed by atoms with Crippen molar-refractivity contribution in [2.45, 2.75) is 45.8 Å². The largest absolute Gasteiger partial charge is 0.380 e. The Morgan fingerprint density at radius 3 is 2.38 bits per heavy atom. The molecule has 0 aromatic rings. The van der Waals surface area contributed by atoms with Gasteiger partial charge >= 0.3 is 0 Å². The molecule has 2 nitrogen and oxygen atoms in total. The number of hydrogen-bond donors (Lipinski definition) is 0. The van der Waals surface area contributed by atoms with Gasteiger partial charge in [0, 0.05) is 19.7 Å². The molecular weight excluding hydrogens is 162 g/mol. The third-order valence-corrected chi connectivity index (χ3v) is 2.83. The molecule has 1 heterocycles. The molecule has 1 saturated heterocycles. The van der Waals surface area contributed by atoms with Crippen LogP contribution in [0, 0.1) is 5.41 Å². The van der Waals surface area contributed by atoms with E-state index in [1.165, 1.54) is 12.8 Å². The van der Waals surface area contributed by atoms with Crippen LogP contribution in [0.15, 0.2) is 0 Å². The first-order valence-electron chi connectivity index (χ1n) is 5.15. The summed E-state index contributed by atoms with van der Waals surface area (Å²) in [5.41, 5.74) is 0.432. The zero-order valence-electron chi connectivity index (χ0n) is 9.63. The Balaban J connectivity index is 2.44. The predicted octanol–water partition coefficient (Wildman–Crippen LogP) is 2.14. The molecule has 0 aliphatic carbocycles. The highest BCUT2D eigenvalue weighted by molar-refractivity contribution is 4.86. The molecule has 0 saturated carbocycles. The van der Waals surface area contributed by atoms with Crippen LogP contribution in [0.3, 0.4) is 0 Å². The quantitative estimate of drug-likeness (QED) is 0.653. The maximum Gasteiger partial charge on any atom is 0.0713 e. The molecule has 0 spiro atoms. The van der Waals surface area contributed by atoms with Gasteiger partial charge in [-0.2, -0.15) is 0 Å². The Kier molecular flexibility index (Phi) is 3.36. The Morgan fingerprint density at radius 1 is 1.38 bits per heavy atom. The van der Waals surface area contributed by atoms with Gasteiger partial charge in [-0.1, -0.05) is 20.8 Å². The molecule has 78 valence electrons. The maximum absolute atomic E-state index is 5.38. The normalized spacial score (nSPS) is 31.2. The molecule has 1 aliphatic rings. The van der Waals surface area contributed by atoms with Crippen molar-refractivity contribution in [3.05, 3.63) is 0 Å². The SMILES string of the molecule is CO[C@@H]1C[C@@H](CC(C)(C)C)N(C)C1. The lowest BCUT2D eigenvalue weighted by molar-refractivity contribution is 0.111. The van der Waals surface area contributed by atoms with Gasteiger partial charge in [0.15, 0.2) is 0 Å². The topological polar surface area (TPSA) is 12.5 Å². The van der Waals surface area contributed by atoms with E-state index in [-0.39, 0.29) is 0 Å². The zero-order valence-corrected chi connectivity index (χ0v) is 9.63. The number of methoxy groups -OCH3 is 1. The van der Waals surface area contributed by atoms with Crippen molar-refractivity contribution in [2.24, 2.45) is 5.41 Å². The second-order valence-corrected chi connectivity index (χ2v) is 5.45. The Hall–Kier alpha value is -0.0800. The van der Waals surface area contributed by atoms with Crippen LogP contribution in [0.1, 0.15) is 33.6 Å². The summed E-state index contributed by atoms with van der Waals surface area (Å²) in [6.45, 7) is 8.01. The molecule has 0 N–H and O–H groups in total. The van der Waals surface area contributed by atoms with Crippen LogP contribution in [-0.4, -0.2) is 37.7 Å². The molecule has 0 amide bonds. The number of likely N-dealkylation sites (N-methyl/N-ethyl adjacent to an activating group) is 1. The highest BCUT2D eigenvalue weighted by atomic mass is 16.5. The second kappa shape index (κ2) is 3.97. The fourth-order valence-corrected chi connectivity index (χ4v) is 2.15. The van der Waals surface area contributed by atoms with Crippen LogP contribution in [0.4, 0.5) is 0 Å². The highest BCUT2D eigenvalue weighted by Gasteiger charge is 2.31. The molecule has 13 heavy (non-hydrogen) atoms. The van der Waals surface area contributed by atoms with Crippen molar-refractivity contribution >= 4 is 0 Å². The average Bonchev–Trinajstić information content (AvgIpc) is 2.29. The second-order valence-electron chi connectivity index (χ2n) is 5.45. The number of likely N-dealkylation sites (tertiary alicyclic amines) is 1. The van der Waals surface area contributed by atoms with E-state index in [2.05, 4.69) is 32.7 Å². The lowest BCUT2D eigenvalue weighted by atomic mass is 9.87. The minimum Gasteiger partial charge on any atom is -0.380 e. The van der Waals surface area contributed by atoms with Gasteiger partial charge in [0.1, 0.15) is 0 Å². The fraction of sp³-hybridized carbons (Fsp3) is 1.00. The van der Waals surface area contributed by atoms with Gasteiger partial charge in [0.25, 0.3) is 0 Å². The van der Waals surface area contributed by atoms with Gasteiger partial charge in [-0.3, -0.25) is 0 Å². The van der Waals surface area contributed by atoms with Gasteiger partial charge in [-0.15, -0.1) is 0 Å². The van der Waals surface area contributed by atoms with Gasteiger partial charge in [0.05, 0.1) is 6.10 Å². The third-order valence-electron chi connectivity index (χ3n) is 2.83. The maximum atomic E-state index is 5.38. The minimum absolute atomic E-state index is 0.432. The smallest absolute Gasteiger partial charge is 0.0713 e. The van der Waals surface area contributed by atoms with E-state index in [1.807, 2.05) is 7.11 Å². The van der Waals surface area contributed by atoms with E-state index in [9.17, 15) is 0 Å².